The lowest BCUT2D eigenvalue weighted by Crippen LogP contribution is -2.03. The van der Waals surface area contributed by atoms with Gasteiger partial charge in [-0.05, 0) is 37.0 Å². The van der Waals surface area contributed by atoms with E-state index in [1.54, 1.807) is 6.33 Å². The van der Waals surface area contributed by atoms with Crippen LogP contribution in [-0.2, 0) is 0 Å². The predicted molar refractivity (Wildman–Crippen MR) is 66.6 cm³/mol. The van der Waals surface area contributed by atoms with Gasteiger partial charge in [-0.15, -0.1) is 0 Å². The highest BCUT2D eigenvalue weighted by Crippen LogP contribution is 2.29. The summed E-state index contributed by atoms with van der Waals surface area (Å²) in [5.41, 5.74) is 5.36. The first-order valence-corrected chi connectivity index (χ1v) is 5.78. The van der Waals surface area contributed by atoms with E-state index in [0.717, 1.165) is 6.42 Å². The first-order chi connectivity index (χ1) is 7.74. The minimum Gasteiger partial charge on any atom is -0.348 e. The molecule has 1 aromatic carbocycles. The zero-order valence-corrected chi connectivity index (χ0v) is 10.1. The lowest BCUT2D eigenvalue weighted by atomic mass is 9.88. The van der Waals surface area contributed by atoms with Crippen molar-refractivity contribution in [1.29, 1.82) is 0 Å². The second-order valence-corrected chi connectivity index (χ2v) is 4.26. The number of nitrogens with zero attached hydrogens (tertiary/aromatic N) is 1. The number of H-pyrrole nitrogens is 1. The molecule has 2 aromatic rings. The molecule has 1 unspecified atom stereocenters. The van der Waals surface area contributed by atoms with Crippen molar-refractivity contribution in [2.24, 2.45) is 0 Å². The van der Waals surface area contributed by atoms with Crippen molar-refractivity contribution < 1.29 is 0 Å². The fourth-order valence-electron chi connectivity index (χ4n) is 2.22. The van der Waals surface area contributed by atoms with Gasteiger partial charge in [0.25, 0.3) is 0 Å². The van der Waals surface area contributed by atoms with Gasteiger partial charge in [-0.1, -0.05) is 25.1 Å². The van der Waals surface area contributed by atoms with Crippen LogP contribution in [0.5, 0.6) is 0 Å². The molecule has 2 heteroatoms. The van der Waals surface area contributed by atoms with E-state index in [9.17, 15) is 0 Å². The van der Waals surface area contributed by atoms with E-state index in [1.807, 2.05) is 6.20 Å². The maximum Gasteiger partial charge on any atom is 0.0921 e. The molecule has 0 spiro atoms. The van der Waals surface area contributed by atoms with Crippen LogP contribution in [0.2, 0.25) is 0 Å². The highest BCUT2D eigenvalue weighted by molar-refractivity contribution is 5.38. The van der Waals surface area contributed by atoms with Crippen molar-refractivity contribution in [2.45, 2.75) is 33.1 Å². The molecule has 0 aliphatic rings. The Hall–Kier alpha value is -1.57. The van der Waals surface area contributed by atoms with E-state index in [2.05, 4.69) is 48.9 Å². The lowest BCUT2D eigenvalue weighted by molar-refractivity contribution is 0.748. The SMILES string of the molecule is CCC(c1cnc[nH]1)c1cccc(C)c1C. The van der Waals surface area contributed by atoms with Gasteiger partial charge in [-0.25, -0.2) is 4.98 Å². The molecular formula is C14H18N2. The van der Waals surface area contributed by atoms with Crippen molar-refractivity contribution in [3.63, 3.8) is 0 Å². The molecule has 1 heterocycles. The van der Waals surface area contributed by atoms with Crippen LogP contribution in [0.15, 0.2) is 30.7 Å². The van der Waals surface area contributed by atoms with Crippen LogP contribution >= 0.6 is 0 Å². The van der Waals surface area contributed by atoms with Gasteiger partial charge >= 0.3 is 0 Å². The number of rotatable bonds is 3. The van der Waals surface area contributed by atoms with Gasteiger partial charge in [0.1, 0.15) is 0 Å². The Morgan fingerprint density at radius 1 is 1.31 bits per heavy atom. The minimum atomic E-state index is 0.433. The van der Waals surface area contributed by atoms with Gasteiger partial charge in [0.15, 0.2) is 0 Å². The smallest absolute Gasteiger partial charge is 0.0921 e. The number of hydrogen-bond acceptors (Lipinski definition) is 1. The maximum absolute atomic E-state index is 4.11. The van der Waals surface area contributed by atoms with Crippen molar-refractivity contribution in [3.05, 3.63) is 53.1 Å². The summed E-state index contributed by atoms with van der Waals surface area (Å²) in [6, 6.07) is 6.52. The van der Waals surface area contributed by atoms with Crippen molar-refractivity contribution >= 4 is 0 Å². The van der Waals surface area contributed by atoms with Gasteiger partial charge in [0.2, 0.25) is 0 Å². The Labute approximate surface area is 96.7 Å². The normalized spacial score (nSPS) is 12.7. The van der Waals surface area contributed by atoms with Crippen molar-refractivity contribution in [2.75, 3.05) is 0 Å². The second kappa shape index (κ2) is 4.52. The van der Waals surface area contributed by atoms with Crippen LogP contribution in [-0.4, -0.2) is 9.97 Å². The molecule has 84 valence electrons. The average molecular weight is 214 g/mol. The van der Waals surface area contributed by atoms with E-state index in [4.69, 9.17) is 0 Å². The molecule has 0 amide bonds. The molecule has 2 rings (SSSR count). The topological polar surface area (TPSA) is 28.7 Å². The summed E-state index contributed by atoms with van der Waals surface area (Å²) >= 11 is 0. The summed E-state index contributed by atoms with van der Waals surface area (Å²) in [5.74, 6) is 0.433. The van der Waals surface area contributed by atoms with Crippen LogP contribution in [0.25, 0.3) is 0 Å². The van der Waals surface area contributed by atoms with E-state index in [0.29, 0.717) is 5.92 Å². The summed E-state index contributed by atoms with van der Waals surface area (Å²) in [6.45, 7) is 6.58. The van der Waals surface area contributed by atoms with Crippen molar-refractivity contribution in [3.8, 4) is 0 Å². The van der Waals surface area contributed by atoms with Gasteiger partial charge < -0.3 is 4.98 Å². The van der Waals surface area contributed by atoms with Gasteiger partial charge in [-0.3, -0.25) is 0 Å². The van der Waals surface area contributed by atoms with Gasteiger partial charge in [0, 0.05) is 17.8 Å². The largest absolute Gasteiger partial charge is 0.348 e. The number of aromatic nitrogens is 2. The Morgan fingerprint density at radius 3 is 2.75 bits per heavy atom. The Bertz CT molecular complexity index is 458. The summed E-state index contributed by atoms with van der Waals surface area (Å²) in [5, 5.41) is 0. The summed E-state index contributed by atoms with van der Waals surface area (Å²) in [7, 11) is 0. The molecule has 2 nitrogen and oxygen atoms in total. The molecule has 1 N–H and O–H groups in total. The number of benzene rings is 1. The Balaban J connectivity index is 2.45. The van der Waals surface area contributed by atoms with Crippen LogP contribution in [0.1, 0.15) is 41.6 Å². The van der Waals surface area contributed by atoms with E-state index < -0.39 is 0 Å². The molecule has 16 heavy (non-hydrogen) atoms. The summed E-state index contributed by atoms with van der Waals surface area (Å²) < 4.78 is 0. The Morgan fingerprint density at radius 2 is 2.12 bits per heavy atom. The highest BCUT2D eigenvalue weighted by atomic mass is 14.9. The van der Waals surface area contributed by atoms with Crippen LogP contribution < -0.4 is 0 Å². The number of imidazole rings is 1. The molecule has 0 saturated carbocycles. The third-order valence-corrected chi connectivity index (χ3v) is 3.32. The first kappa shape index (κ1) is 10.9. The second-order valence-electron chi connectivity index (χ2n) is 4.26. The fraction of sp³-hybridized carbons (Fsp3) is 0.357. The quantitative estimate of drug-likeness (QED) is 0.831. The molecule has 0 bridgehead atoms. The fourth-order valence-corrected chi connectivity index (χ4v) is 2.22. The monoisotopic (exact) mass is 214 g/mol. The minimum absolute atomic E-state index is 0.433. The molecule has 0 saturated heterocycles. The number of aryl methyl sites for hydroxylation is 1. The summed E-state index contributed by atoms with van der Waals surface area (Å²) in [4.78, 5) is 7.34. The van der Waals surface area contributed by atoms with Gasteiger partial charge in [0.05, 0.1) is 6.33 Å². The molecule has 0 fully saturated rings. The van der Waals surface area contributed by atoms with E-state index in [-0.39, 0.29) is 0 Å². The van der Waals surface area contributed by atoms with E-state index >= 15 is 0 Å². The third kappa shape index (κ3) is 1.87. The van der Waals surface area contributed by atoms with Gasteiger partial charge in [-0.2, -0.15) is 0 Å². The number of nitrogens with one attached hydrogen (secondary N) is 1. The van der Waals surface area contributed by atoms with Crippen LogP contribution in [0.4, 0.5) is 0 Å². The molecule has 1 atom stereocenters. The average Bonchev–Trinajstić information content (AvgIpc) is 2.79. The van der Waals surface area contributed by atoms with Crippen LogP contribution in [0, 0.1) is 13.8 Å². The van der Waals surface area contributed by atoms with E-state index in [1.165, 1.54) is 22.4 Å². The molecule has 0 aliphatic heterocycles. The molecule has 0 aliphatic carbocycles. The number of hydrogen-bond donors (Lipinski definition) is 1. The first-order valence-electron chi connectivity index (χ1n) is 5.78. The molecular weight excluding hydrogens is 196 g/mol. The Kier molecular flexibility index (Phi) is 3.09. The molecule has 0 radical (unpaired) electrons. The highest BCUT2D eigenvalue weighted by Gasteiger charge is 2.15. The van der Waals surface area contributed by atoms with Crippen molar-refractivity contribution in [1.82, 2.24) is 9.97 Å². The third-order valence-electron chi connectivity index (χ3n) is 3.32. The standard InChI is InChI=1S/C14H18N2/c1-4-12(14-8-15-9-16-14)13-7-5-6-10(2)11(13)3/h5-9,12H,4H2,1-3H3,(H,15,16). The lowest BCUT2D eigenvalue weighted by Gasteiger charge is -2.17. The zero-order chi connectivity index (χ0) is 11.5. The zero-order valence-electron chi connectivity index (χ0n) is 10.1. The summed E-state index contributed by atoms with van der Waals surface area (Å²) in [6.07, 6.45) is 4.77. The maximum atomic E-state index is 4.11. The molecule has 1 aromatic heterocycles. The predicted octanol–water partition coefficient (Wildman–Crippen LogP) is 3.57. The van der Waals surface area contributed by atoms with Crippen LogP contribution in [0.3, 0.4) is 0 Å². The number of aromatic amines is 1.